The number of benzene rings is 2. The van der Waals surface area contributed by atoms with Gasteiger partial charge in [0, 0.05) is 0 Å². The zero-order chi connectivity index (χ0) is 20.9. The zero-order valence-corrected chi connectivity index (χ0v) is 15.7. The molecule has 0 heterocycles. The van der Waals surface area contributed by atoms with Crippen molar-refractivity contribution in [1.29, 1.82) is 0 Å². The first-order valence-electron chi connectivity index (χ1n) is 9.30. The summed E-state index contributed by atoms with van der Waals surface area (Å²) in [6, 6.07) is 11.9. The van der Waals surface area contributed by atoms with Gasteiger partial charge in [0.2, 0.25) is 0 Å². The largest absolute Gasteiger partial charge is 0.573 e. The first-order chi connectivity index (χ1) is 13.8. The predicted molar refractivity (Wildman–Crippen MR) is 101 cm³/mol. The lowest BCUT2D eigenvalue weighted by atomic mass is 9.84. The monoisotopic (exact) mass is 406 g/mol. The van der Waals surface area contributed by atoms with Gasteiger partial charge in [0.15, 0.2) is 11.5 Å². The lowest BCUT2D eigenvalue weighted by Gasteiger charge is -2.35. The van der Waals surface area contributed by atoms with Crippen molar-refractivity contribution < 1.29 is 32.2 Å². The van der Waals surface area contributed by atoms with Gasteiger partial charge < -0.3 is 14.2 Å². The van der Waals surface area contributed by atoms with E-state index < -0.39 is 23.7 Å². The number of carbonyl (C=O) groups is 1. The second kappa shape index (κ2) is 8.59. The highest BCUT2D eigenvalue weighted by atomic mass is 19.4. The zero-order valence-electron chi connectivity index (χ0n) is 15.7. The first-order valence-corrected chi connectivity index (χ1v) is 9.30. The summed E-state index contributed by atoms with van der Waals surface area (Å²) < 4.78 is 53.8. The summed E-state index contributed by atoms with van der Waals surface area (Å²) in [4.78, 5) is 12.4. The summed E-state index contributed by atoms with van der Waals surface area (Å²) in [5, 5.41) is 0. The first kappa shape index (κ1) is 20.8. The molecular weight excluding hydrogens is 385 g/mol. The Morgan fingerprint density at radius 3 is 2.31 bits per heavy atom. The van der Waals surface area contributed by atoms with Crippen LogP contribution in [0.25, 0.3) is 0 Å². The van der Waals surface area contributed by atoms with Gasteiger partial charge in [0.1, 0.15) is 11.4 Å². The number of hydrogen-bond acceptors (Lipinski definition) is 4. The van der Waals surface area contributed by atoms with E-state index in [-0.39, 0.29) is 11.3 Å². The van der Waals surface area contributed by atoms with Crippen LogP contribution in [0.3, 0.4) is 0 Å². The third-order valence-corrected chi connectivity index (χ3v) is 4.74. The second-order valence-corrected chi connectivity index (χ2v) is 6.84. The predicted octanol–water partition coefficient (Wildman–Crippen LogP) is 6.07. The fourth-order valence-corrected chi connectivity index (χ4v) is 3.30. The summed E-state index contributed by atoms with van der Waals surface area (Å²) in [6.45, 7) is 3.79. The molecule has 0 radical (unpaired) electrons. The standard InChI is InChI=1S/C22H21F3O4/c1-2-21(13-7-4-8-14-21)28-19-15-16(11-12-18(19)29-22(23,24)25)20(26)27-17-9-5-3-6-10-17/h2-3,5-6,9-12,15H,1,4,7-8,13-14H2. The highest BCUT2D eigenvalue weighted by Gasteiger charge is 2.36. The molecule has 2 aromatic rings. The van der Waals surface area contributed by atoms with Gasteiger partial charge in [-0.2, -0.15) is 0 Å². The molecule has 4 nitrogen and oxygen atoms in total. The van der Waals surface area contributed by atoms with Crippen LogP contribution in [0.4, 0.5) is 13.2 Å². The number of halogens is 3. The van der Waals surface area contributed by atoms with Gasteiger partial charge in [-0.25, -0.2) is 4.79 Å². The fraction of sp³-hybridized carbons (Fsp3) is 0.318. The van der Waals surface area contributed by atoms with E-state index in [1.807, 2.05) is 0 Å². The number of hydrogen-bond donors (Lipinski definition) is 0. The summed E-state index contributed by atoms with van der Waals surface area (Å²) in [7, 11) is 0. The number of para-hydroxylation sites is 1. The van der Waals surface area contributed by atoms with Gasteiger partial charge >= 0.3 is 12.3 Å². The molecule has 0 spiro atoms. The van der Waals surface area contributed by atoms with Crippen molar-refractivity contribution in [2.24, 2.45) is 0 Å². The van der Waals surface area contributed by atoms with E-state index in [1.165, 1.54) is 12.1 Å². The highest BCUT2D eigenvalue weighted by Crippen LogP contribution is 2.40. The van der Waals surface area contributed by atoms with Gasteiger partial charge in [-0.05, 0) is 62.1 Å². The van der Waals surface area contributed by atoms with E-state index in [1.54, 1.807) is 36.4 Å². The van der Waals surface area contributed by atoms with E-state index in [0.29, 0.717) is 18.6 Å². The van der Waals surface area contributed by atoms with Crippen molar-refractivity contribution in [2.45, 2.75) is 44.1 Å². The maximum atomic E-state index is 12.8. The number of rotatable bonds is 6. The molecule has 0 bridgehead atoms. The van der Waals surface area contributed by atoms with Crippen LogP contribution in [-0.2, 0) is 0 Å². The normalized spacial score (nSPS) is 16.0. The van der Waals surface area contributed by atoms with Crippen LogP contribution in [-0.4, -0.2) is 17.9 Å². The van der Waals surface area contributed by atoms with E-state index in [9.17, 15) is 18.0 Å². The molecule has 7 heteroatoms. The van der Waals surface area contributed by atoms with Crippen LogP contribution in [0, 0.1) is 0 Å². The van der Waals surface area contributed by atoms with Crippen LogP contribution in [0.15, 0.2) is 61.2 Å². The van der Waals surface area contributed by atoms with Gasteiger partial charge in [-0.3, -0.25) is 0 Å². The molecule has 0 aliphatic heterocycles. The number of esters is 1. The van der Waals surface area contributed by atoms with E-state index in [0.717, 1.165) is 25.3 Å². The van der Waals surface area contributed by atoms with E-state index >= 15 is 0 Å². The molecule has 1 aliphatic rings. The lowest BCUT2D eigenvalue weighted by molar-refractivity contribution is -0.275. The topological polar surface area (TPSA) is 44.8 Å². The van der Waals surface area contributed by atoms with E-state index in [2.05, 4.69) is 11.3 Å². The third kappa shape index (κ3) is 5.53. The molecule has 3 rings (SSSR count). The summed E-state index contributed by atoms with van der Waals surface area (Å²) in [5.41, 5.74) is -0.752. The van der Waals surface area contributed by atoms with Gasteiger partial charge in [-0.15, -0.1) is 13.2 Å². The molecule has 1 fully saturated rings. The molecule has 0 unspecified atom stereocenters. The molecule has 0 amide bonds. The van der Waals surface area contributed by atoms with Crippen LogP contribution in [0.5, 0.6) is 17.2 Å². The molecule has 154 valence electrons. The fourth-order valence-electron chi connectivity index (χ4n) is 3.30. The van der Waals surface area contributed by atoms with Crippen LogP contribution in [0.1, 0.15) is 42.5 Å². The van der Waals surface area contributed by atoms with Gasteiger partial charge in [0.25, 0.3) is 0 Å². The van der Waals surface area contributed by atoms with Crippen LogP contribution >= 0.6 is 0 Å². The number of alkyl halides is 3. The smallest absolute Gasteiger partial charge is 0.479 e. The molecule has 0 atom stereocenters. The van der Waals surface area contributed by atoms with Crippen molar-refractivity contribution in [3.63, 3.8) is 0 Å². The molecular formula is C22H21F3O4. The quantitative estimate of drug-likeness (QED) is 0.332. The molecule has 1 saturated carbocycles. The van der Waals surface area contributed by atoms with Crippen LogP contribution < -0.4 is 14.2 Å². The molecule has 0 N–H and O–H groups in total. The minimum Gasteiger partial charge on any atom is -0.479 e. The lowest BCUT2D eigenvalue weighted by Crippen LogP contribution is -2.36. The van der Waals surface area contributed by atoms with Crippen molar-refractivity contribution in [3.05, 3.63) is 66.7 Å². The van der Waals surface area contributed by atoms with Crippen LogP contribution in [0.2, 0.25) is 0 Å². The minimum atomic E-state index is -4.89. The Kier molecular flexibility index (Phi) is 6.15. The van der Waals surface area contributed by atoms with Gasteiger partial charge in [0.05, 0.1) is 5.56 Å². The minimum absolute atomic E-state index is 0.0494. The molecule has 0 aromatic heterocycles. The van der Waals surface area contributed by atoms with Crippen molar-refractivity contribution in [3.8, 4) is 17.2 Å². The highest BCUT2D eigenvalue weighted by molar-refractivity contribution is 5.91. The summed E-state index contributed by atoms with van der Waals surface area (Å²) in [6.07, 6.45) is 0.737. The Hall–Kier alpha value is -2.96. The van der Waals surface area contributed by atoms with Crippen molar-refractivity contribution in [1.82, 2.24) is 0 Å². The summed E-state index contributed by atoms with van der Waals surface area (Å²) in [5.74, 6) is -1.08. The Bertz CT molecular complexity index is 856. The molecule has 0 saturated heterocycles. The molecule has 29 heavy (non-hydrogen) atoms. The average molecular weight is 406 g/mol. The van der Waals surface area contributed by atoms with Gasteiger partial charge in [-0.1, -0.05) is 31.2 Å². The maximum absolute atomic E-state index is 12.8. The van der Waals surface area contributed by atoms with E-state index in [4.69, 9.17) is 9.47 Å². The molecule has 2 aromatic carbocycles. The summed E-state index contributed by atoms with van der Waals surface area (Å²) >= 11 is 0. The number of ether oxygens (including phenoxy) is 3. The Morgan fingerprint density at radius 1 is 1.00 bits per heavy atom. The second-order valence-electron chi connectivity index (χ2n) is 6.84. The Morgan fingerprint density at radius 2 is 1.69 bits per heavy atom. The van der Waals surface area contributed by atoms with Crippen molar-refractivity contribution in [2.75, 3.05) is 0 Å². The van der Waals surface area contributed by atoms with Crippen molar-refractivity contribution >= 4 is 5.97 Å². The maximum Gasteiger partial charge on any atom is 0.573 e. The Balaban J connectivity index is 1.90. The Labute approximate surface area is 166 Å². The average Bonchev–Trinajstić information content (AvgIpc) is 2.70. The number of carbonyl (C=O) groups excluding carboxylic acids is 1. The third-order valence-electron chi connectivity index (χ3n) is 4.74. The SMILES string of the molecule is C=CC1(Oc2cc(C(=O)Oc3ccccc3)ccc2OC(F)(F)F)CCCCC1. The molecule has 1 aliphatic carbocycles.